The van der Waals surface area contributed by atoms with Gasteiger partial charge in [-0.2, -0.15) is 0 Å². The molecule has 2 heterocycles. The quantitative estimate of drug-likeness (QED) is 0.205. The van der Waals surface area contributed by atoms with Crippen LogP contribution in [0.5, 0.6) is 0 Å². The molecule has 0 bridgehead atoms. The van der Waals surface area contributed by atoms with Gasteiger partial charge in [0.15, 0.2) is 0 Å². The lowest BCUT2D eigenvalue weighted by atomic mass is 9.78. The molecular formula is C33H34Cl3N3O5S. The van der Waals surface area contributed by atoms with Crippen molar-refractivity contribution in [2.45, 2.75) is 56.4 Å². The highest BCUT2D eigenvalue weighted by atomic mass is 35.5. The minimum absolute atomic E-state index is 0.0851. The van der Waals surface area contributed by atoms with Gasteiger partial charge in [-0.3, -0.25) is 19.2 Å². The molecule has 0 radical (unpaired) electrons. The maximum Gasteiger partial charge on any atom is 0.304 e. The van der Waals surface area contributed by atoms with Crippen LogP contribution in [0.2, 0.25) is 15.1 Å². The Morgan fingerprint density at radius 2 is 1.71 bits per heavy atom. The van der Waals surface area contributed by atoms with Crippen LogP contribution >= 0.6 is 46.1 Å². The van der Waals surface area contributed by atoms with Crippen molar-refractivity contribution in [1.29, 1.82) is 0 Å². The van der Waals surface area contributed by atoms with Gasteiger partial charge in [0.25, 0.3) is 0 Å². The molecule has 45 heavy (non-hydrogen) atoms. The lowest BCUT2D eigenvalue weighted by molar-refractivity contribution is -0.141. The Morgan fingerprint density at radius 3 is 2.38 bits per heavy atom. The Kier molecular flexibility index (Phi) is 10.7. The summed E-state index contributed by atoms with van der Waals surface area (Å²) in [4.78, 5) is 53.0. The number of likely N-dealkylation sites (tertiary alicyclic amines) is 1. The number of carboxylic acids is 1. The van der Waals surface area contributed by atoms with E-state index >= 15 is 0 Å². The van der Waals surface area contributed by atoms with Crippen molar-refractivity contribution in [2.24, 2.45) is 5.92 Å². The molecule has 1 atom stereocenters. The first-order valence-corrected chi connectivity index (χ1v) is 17.0. The van der Waals surface area contributed by atoms with E-state index in [1.165, 1.54) is 17.4 Å². The van der Waals surface area contributed by atoms with Gasteiger partial charge in [0.05, 0.1) is 32.5 Å². The maximum absolute atomic E-state index is 13.5. The molecule has 0 spiro atoms. The summed E-state index contributed by atoms with van der Waals surface area (Å²) in [5, 5.41) is 19.7. The van der Waals surface area contributed by atoms with Crippen molar-refractivity contribution in [1.82, 2.24) is 15.5 Å². The fourth-order valence-electron chi connectivity index (χ4n) is 6.27. The van der Waals surface area contributed by atoms with Crippen LogP contribution < -0.4 is 10.6 Å². The van der Waals surface area contributed by atoms with Crippen LogP contribution in [0, 0.1) is 5.92 Å². The zero-order valence-electron chi connectivity index (χ0n) is 24.5. The molecule has 1 unspecified atom stereocenters. The number of aliphatic carboxylic acids is 1. The Balaban J connectivity index is 1.15. The molecule has 2 aliphatic rings. The predicted octanol–water partition coefficient (Wildman–Crippen LogP) is 6.70. The van der Waals surface area contributed by atoms with E-state index in [1.807, 2.05) is 29.6 Å². The summed E-state index contributed by atoms with van der Waals surface area (Å²) in [6, 6.07) is 10.9. The second kappa shape index (κ2) is 14.5. The van der Waals surface area contributed by atoms with Crippen molar-refractivity contribution >= 4 is 86.0 Å². The number of halogens is 3. The Hall–Kier alpha value is -3.11. The van der Waals surface area contributed by atoms with Crippen LogP contribution in [-0.2, 0) is 24.6 Å². The SMILES string of the molecule is O=C(O)CC(CNC(=O)C1(c2ccc(Cl)cc2)CCCC1)C(=O)NC1CCN(C(=O)/C=C/c2cc3ccsc3c(Cl)c2Cl)CC1. The number of amides is 3. The topological polar surface area (TPSA) is 116 Å². The number of thiophene rings is 1. The summed E-state index contributed by atoms with van der Waals surface area (Å²) in [6.45, 7) is 0.768. The van der Waals surface area contributed by atoms with Gasteiger partial charge in [0, 0.05) is 36.8 Å². The van der Waals surface area contributed by atoms with Crippen LogP contribution in [0.15, 0.2) is 47.9 Å². The van der Waals surface area contributed by atoms with Crippen molar-refractivity contribution in [2.75, 3.05) is 19.6 Å². The zero-order valence-corrected chi connectivity index (χ0v) is 27.6. The monoisotopic (exact) mass is 689 g/mol. The molecule has 8 nitrogen and oxygen atoms in total. The summed E-state index contributed by atoms with van der Waals surface area (Å²) in [7, 11) is 0. The number of piperidine rings is 1. The number of carboxylic acid groups (broad SMARTS) is 1. The highest BCUT2D eigenvalue weighted by Crippen LogP contribution is 2.42. The Bertz CT molecular complexity index is 1610. The van der Waals surface area contributed by atoms with Crippen LogP contribution in [0.1, 0.15) is 56.1 Å². The van der Waals surface area contributed by atoms with Gasteiger partial charge in [-0.1, -0.05) is 59.8 Å². The third kappa shape index (κ3) is 7.65. The molecule has 2 aromatic carbocycles. The lowest BCUT2D eigenvalue weighted by Crippen LogP contribution is -2.50. The van der Waals surface area contributed by atoms with Crippen molar-refractivity contribution in [3.63, 3.8) is 0 Å². The van der Waals surface area contributed by atoms with E-state index in [4.69, 9.17) is 34.8 Å². The van der Waals surface area contributed by atoms with Crippen LogP contribution in [0.4, 0.5) is 0 Å². The molecule has 1 aliphatic heterocycles. The smallest absolute Gasteiger partial charge is 0.304 e. The molecule has 238 valence electrons. The number of fused-ring (bicyclic) bond motifs is 1. The van der Waals surface area contributed by atoms with Crippen LogP contribution in [0.3, 0.4) is 0 Å². The van der Waals surface area contributed by atoms with Gasteiger partial charge in [0.1, 0.15) is 0 Å². The summed E-state index contributed by atoms with van der Waals surface area (Å²) < 4.78 is 0.901. The Labute approximate surface area is 280 Å². The van der Waals surface area contributed by atoms with Gasteiger partial charge in [-0.05, 0) is 77.9 Å². The molecule has 12 heteroatoms. The van der Waals surface area contributed by atoms with E-state index in [1.54, 1.807) is 23.1 Å². The first kappa shape index (κ1) is 33.3. The van der Waals surface area contributed by atoms with Crippen molar-refractivity contribution < 1.29 is 24.3 Å². The number of carbonyl (C=O) groups excluding carboxylic acids is 3. The molecule has 1 aromatic heterocycles. The lowest BCUT2D eigenvalue weighted by Gasteiger charge is -2.33. The van der Waals surface area contributed by atoms with Gasteiger partial charge in [-0.25, -0.2) is 0 Å². The van der Waals surface area contributed by atoms with Crippen LogP contribution in [-0.4, -0.2) is 59.4 Å². The molecule has 2 fully saturated rings. The molecule has 3 N–H and O–H groups in total. The van der Waals surface area contributed by atoms with E-state index in [0.29, 0.717) is 59.4 Å². The minimum atomic E-state index is -1.12. The third-order valence-electron chi connectivity index (χ3n) is 8.80. The van der Waals surface area contributed by atoms with E-state index in [-0.39, 0.29) is 24.4 Å². The second-order valence-electron chi connectivity index (χ2n) is 11.7. The predicted molar refractivity (Wildman–Crippen MR) is 179 cm³/mol. The molecule has 1 aliphatic carbocycles. The average Bonchev–Trinajstić information content (AvgIpc) is 3.72. The highest BCUT2D eigenvalue weighted by Gasteiger charge is 2.43. The molecule has 5 rings (SSSR count). The fraction of sp³-hybridized carbons (Fsp3) is 0.394. The van der Waals surface area contributed by atoms with Gasteiger partial charge < -0.3 is 20.6 Å². The molecule has 3 aromatic rings. The van der Waals surface area contributed by atoms with Crippen molar-refractivity contribution in [3.8, 4) is 0 Å². The first-order chi connectivity index (χ1) is 21.6. The van der Waals surface area contributed by atoms with E-state index in [9.17, 15) is 24.3 Å². The van der Waals surface area contributed by atoms with E-state index in [2.05, 4.69) is 10.6 Å². The average molecular weight is 691 g/mol. The van der Waals surface area contributed by atoms with E-state index < -0.39 is 29.6 Å². The normalized spacial score (nSPS) is 17.4. The standard InChI is InChI=1S/C33H34Cl3N3O5S/c34-24-6-4-23(5-7-24)33(12-1-2-13-33)32(44)37-19-22(18-27(41)42)31(43)38-25-9-14-39(15-10-25)26(40)8-3-20-17-21-11-16-45-30(21)29(36)28(20)35/h3-8,11,16-17,22,25H,1-2,9-10,12-15,18-19H2,(H,37,44)(H,38,43)(H,41,42)/b8-3+. The number of nitrogens with zero attached hydrogens (tertiary/aromatic N) is 1. The Morgan fingerprint density at radius 1 is 1.02 bits per heavy atom. The van der Waals surface area contributed by atoms with Gasteiger partial charge in [-0.15, -0.1) is 11.3 Å². The second-order valence-corrected chi connectivity index (χ2v) is 13.8. The number of rotatable bonds is 10. The number of benzene rings is 2. The minimum Gasteiger partial charge on any atom is -0.481 e. The molecule has 1 saturated heterocycles. The van der Waals surface area contributed by atoms with E-state index in [0.717, 1.165) is 28.5 Å². The van der Waals surface area contributed by atoms with Crippen molar-refractivity contribution in [3.05, 3.63) is 74.0 Å². The number of hydrogen-bond acceptors (Lipinski definition) is 5. The largest absolute Gasteiger partial charge is 0.481 e. The summed E-state index contributed by atoms with van der Waals surface area (Å²) in [5.74, 6) is -2.86. The maximum atomic E-state index is 13.5. The fourth-order valence-corrected chi connectivity index (χ4v) is 7.83. The summed E-state index contributed by atoms with van der Waals surface area (Å²) in [6.07, 6.45) is 6.91. The molecule has 3 amide bonds. The summed E-state index contributed by atoms with van der Waals surface area (Å²) in [5.41, 5.74) is 0.802. The summed E-state index contributed by atoms with van der Waals surface area (Å²) >= 11 is 20.4. The molecular weight excluding hydrogens is 657 g/mol. The number of nitrogens with one attached hydrogen (secondary N) is 2. The van der Waals surface area contributed by atoms with Crippen LogP contribution in [0.25, 0.3) is 16.2 Å². The van der Waals surface area contributed by atoms with Gasteiger partial charge in [0.2, 0.25) is 17.7 Å². The third-order valence-corrected chi connectivity index (χ3v) is 11.0. The number of carbonyl (C=O) groups is 4. The highest BCUT2D eigenvalue weighted by molar-refractivity contribution is 7.18. The zero-order chi connectivity index (χ0) is 32.1. The first-order valence-electron chi connectivity index (χ1n) is 15.0. The molecule has 1 saturated carbocycles. The number of hydrogen-bond donors (Lipinski definition) is 3. The van der Waals surface area contributed by atoms with Gasteiger partial charge >= 0.3 is 5.97 Å².